The van der Waals surface area contributed by atoms with E-state index < -0.39 is 22.5 Å². The smallest absolute Gasteiger partial charge is 0.425 e. The Labute approximate surface area is 105 Å². The monoisotopic (exact) mass is 271 g/mol. The van der Waals surface area contributed by atoms with Crippen LogP contribution in [0.5, 0.6) is 0 Å². The van der Waals surface area contributed by atoms with Gasteiger partial charge in [0.1, 0.15) is 6.10 Å². The molecule has 0 aliphatic carbocycles. The van der Waals surface area contributed by atoms with Gasteiger partial charge in [0.05, 0.1) is 13.7 Å². The molecule has 1 aromatic rings. The van der Waals surface area contributed by atoms with Gasteiger partial charge in [0.25, 0.3) is 0 Å². The molecule has 0 N–H and O–H groups in total. The van der Waals surface area contributed by atoms with Crippen molar-refractivity contribution in [3.63, 3.8) is 0 Å². The maximum absolute atomic E-state index is 11.6. The third-order valence-corrected chi connectivity index (χ3v) is 3.93. The molecule has 7 heteroatoms. The Hall–Kier alpha value is -1.60. The first kappa shape index (κ1) is 12.8. The summed E-state index contributed by atoms with van der Waals surface area (Å²) < 4.78 is 33.0. The molecule has 1 aliphatic rings. The highest BCUT2D eigenvalue weighted by Crippen LogP contribution is 2.21. The van der Waals surface area contributed by atoms with Gasteiger partial charge in [-0.05, 0) is 5.56 Å². The zero-order valence-corrected chi connectivity index (χ0v) is 10.6. The molecule has 0 unspecified atom stereocenters. The lowest BCUT2D eigenvalue weighted by Crippen LogP contribution is -2.32. The molecule has 1 atom stereocenters. The summed E-state index contributed by atoms with van der Waals surface area (Å²) in [5.74, 6) is 0. The van der Waals surface area contributed by atoms with Gasteiger partial charge in [0.2, 0.25) is 0 Å². The standard InChI is InChI=1S/C11H13NO5S/c1-16-11(13)12-8-10(17-18(12,14)15)7-9-5-3-2-4-6-9/h2-6,10H,7-8H2,1H3/t10-/m0/s1. The molecule has 0 bridgehead atoms. The van der Waals surface area contributed by atoms with Crippen LogP contribution in [-0.2, 0) is 25.6 Å². The Morgan fingerprint density at radius 1 is 1.44 bits per heavy atom. The van der Waals surface area contributed by atoms with Crippen LogP contribution in [0.1, 0.15) is 5.56 Å². The highest BCUT2D eigenvalue weighted by atomic mass is 32.2. The zero-order chi connectivity index (χ0) is 13.2. The second-order valence-corrected chi connectivity index (χ2v) is 5.36. The number of carbonyl (C=O) groups excluding carboxylic acids is 1. The molecule has 98 valence electrons. The first-order valence-electron chi connectivity index (χ1n) is 5.36. The normalized spacial score (nSPS) is 21.8. The van der Waals surface area contributed by atoms with Crippen molar-refractivity contribution in [2.75, 3.05) is 13.7 Å². The Balaban J connectivity index is 2.09. The van der Waals surface area contributed by atoms with Crippen LogP contribution in [0.3, 0.4) is 0 Å². The van der Waals surface area contributed by atoms with E-state index in [1.54, 1.807) is 0 Å². The maximum Gasteiger partial charge on any atom is 0.425 e. The third kappa shape index (κ3) is 2.62. The maximum atomic E-state index is 11.6. The van der Waals surface area contributed by atoms with E-state index in [9.17, 15) is 13.2 Å². The Morgan fingerprint density at radius 2 is 2.11 bits per heavy atom. The van der Waals surface area contributed by atoms with Crippen LogP contribution in [0.15, 0.2) is 30.3 Å². The SMILES string of the molecule is COC(=O)N1C[C@H](Cc2ccccc2)OS1(=O)=O. The molecule has 1 heterocycles. The molecule has 1 amide bonds. The van der Waals surface area contributed by atoms with Crippen LogP contribution in [0.4, 0.5) is 4.79 Å². The van der Waals surface area contributed by atoms with Gasteiger partial charge in [-0.25, -0.2) is 8.98 Å². The van der Waals surface area contributed by atoms with Gasteiger partial charge in [-0.1, -0.05) is 30.3 Å². The highest BCUT2D eigenvalue weighted by Gasteiger charge is 2.41. The van der Waals surface area contributed by atoms with Crippen LogP contribution in [-0.4, -0.2) is 38.6 Å². The second kappa shape index (κ2) is 4.95. The van der Waals surface area contributed by atoms with Gasteiger partial charge >= 0.3 is 16.4 Å². The average molecular weight is 271 g/mol. The molecule has 6 nitrogen and oxygen atoms in total. The van der Waals surface area contributed by atoms with Crippen molar-refractivity contribution in [2.45, 2.75) is 12.5 Å². The van der Waals surface area contributed by atoms with E-state index in [-0.39, 0.29) is 6.54 Å². The Kier molecular flexibility index (Phi) is 3.53. The molecule has 1 aromatic carbocycles. The van der Waals surface area contributed by atoms with Crippen LogP contribution in [0, 0.1) is 0 Å². The molecular weight excluding hydrogens is 258 g/mol. The summed E-state index contributed by atoms with van der Waals surface area (Å²) in [5, 5.41) is 0. The molecular formula is C11H13NO5S. The van der Waals surface area contributed by atoms with Crippen LogP contribution in [0.2, 0.25) is 0 Å². The summed E-state index contributed by atoms with van der Waals surface area (Å²) in [6.07, 6.45) is -1.07. The van der Waals surface area contributed by atoms with Crippen molar-refractivity contribution in [2.24, 2.45) is 0 Å². The van der Waals surface area contributed by atoms with Gasteiger partial charge < -0.3 is 4.74 Å². The van der Waals surface area contributed by atoms with Crippen LogP contribution in [0.25, 0.3) is 0 Å². The number of carbonyl (C=O) groups is 1. The second-order valence-electron chi connectivity index (χ2n) is 3.87. The van der Waals surface area contributed by atoms with E-state index in [0.717, 1.165) is 12.7 Å². The van der Waals surface area contributed by atoms with Gasteiger partial charge in [-0.3, -0.25) is 0 Å². The molecule has 1 aliphatic heterocycles. The molecule has 0 spiro atoms. The minimum atomic E-state index is -4.01. The fraction of sp³-hybridized carbons (Fsp3) is 0.364. The lowest BCUT2D eigenvalue weighted by molar-refractivity contribution is 0.149. The minimum absolute atomic E-state index is 0.0239. The molecule has 0 radical (unpaired) electrons. The third-order valence-electron chi connectivity index (χ3n) is 2.58. The average Bonchev–Trinajstić information content (AvgIpc) is 2.64. The predicted molar refractivity (Wildman–Crippen MR) is 63.0 cm³/mol. The summed E-state index contributed by atoms with van der Waals surface area (Å²) in [4.78, 5) is 11.3. The molecule has 1 saturated heterocycles. The summed E-state index contributed by atoms with van der Waals surface area (Å²) in [6.45, 7) is -0.0239. The number of rotatable bonds is 2. The number of benzene rings is 1. The van der Waals surface area contributed by atoms with Gasteiger partial charge in [-0.15, -0.1) is 0 Å². The van der Waals surface area contributed by atoms with E-state index in [2.05, 4.69) is 4.74 Å². The first-order chi connectivity index (χ1) is 8.53. The van der Waals surface area contributed by atoms with Crippen molar-refractivity contribution < 1.29 is 22.1 Å². The number of ether oxygens (including phenoxy) is 1. The fourth-order valence-corrected chi connectivity index (χ4v) is 2.96. The van der Waals surface area contributed by atoms with E-state index >= 15 is 0 Å². The molecule has 18 heavy (non-hydrogen) atoms. The topological polar surface area (TPSA) is 72.9 Å². The minimum Gasteiger partial charge on any atom is -0.452 e. The lowest BCUT2D eigenvalue weighted by atomic mass is 10.1. The van der Waals surface area contributed by atoms with Gasteiger partial charge in [0, 0.05) is 6.42 Å². The predicted octanol–water partition coefficient (Wildman–Crippen LogP) is 0.941. The molecule has 1 fully saturated rings. The fourth-order valence-electron chi connectivity index (χ4n) is 1.77. The number of hydrogen-bond acceptors (Lipinski definition) is 5. The highest BCUT2D eigenvalue weighted by molar-refractivity contribution is 7.85. The number of nitrogens with zero attached hydrogens (tertiary/aromatic N) is 1. The summed E-state index contributed by atoms with van der Waals surface area (Å²) in [6, 6.07) is 9.33. The quantitative estimate of drug-likeness (QED) is 0.800. The summed E-state index contributed by atoms with van der Waals surface area (Å²) in [5.41, 5.74) is 0.949. The van der Waals surface area contributed by atoms with Crippen molar-refractivity contribution in [3.8, 4) is 0 Å². The Bertz CT molecular complexity index is 528. The van der Waals surface area contributed by atoms with Crippen molar-refractivity contribution >= 4 is 16.4 Å². The lowest BCUT2D eigenvalue weighted by Gasteiger charge is -2.09. The molecule has 0 saturated carbocycles. The van der Waals surface area contributed by atoms with Crippen molar-refractivity contribution in [1.82, 2.24) is 4.31 Å². The van der Waals surface area contributed by atoms with E-state index in [0.29, 0.717) is 10.7 Å². The van der Waals surface area contributed by atoms with Gasteiger partial charge in [0.15, 0.2) is 0 Å². The molecule has 0 aromatic heterocycles. The molecule has 2 rings (SSSR count). The number of methoxy groups -OCH3 is 1. The van der Waals surface area contributed by atoms with E-state index in [4.69, 9.17) is 4.18 Å². The number of amides is 1. The van der Waals surface area contributed by atoms with E-state index in [1.807, 2.05) is 30.3 Å². The first-order valence-corrected chi connectivity index (χ1v) is 6.72. The van der Waals surface area contributed by atoms with Gasteiger partial charge in [-0.2, -0.15) is 12.7 Å². The Morgan fingerprint density at radius 3 is 2.72 bits per heavy atom. The largest absolute Gasteiger partial charge is 0.452 e. The zero-order valence-electron chi connectivity index (χ0n) is 9.78. The van der Waals surface area contributed by atoms with Crippen LogP contribution >= 0.6 is 0 Å². The number of hydrogen-bond donors (Lipinski definition) is 0. The van der Waals surface area contributed by atoms with E-state index in [1.165, 1.54) is 0 Å². The summed E-state index contributed by atoms with van der Waals surface area (Å²) >= 11 is 0. The van der Waals surface area contributed by atoms with Crippen molar-refractivity contribution in [1.29, 1.82) is 0 Å². The van der Waals surface area contributed by atoms with Crippen molar-refractivity contribution in [3.05, 3.63) is 35.9 Å². The van der Waals surface area contributed by atoms with Crippen LogP contribution < -0.4 is 0 Å². The summed E-state index contributed by atoms with van der Waals surface area (Å²) in [7, 11) is -2.88.